The van der Waals surface area contributed by atoms with E-state index in [9.17, 15) is 14.4 Å². The van der Waals surface area contributed by atoms with Crippen LogP contribution < -0.4 is 0 Å². The van der Waals surface area contributed by atoms with E-state index in [0.29, 0.717) is 37.1 Å². The summed E-state index contributed by atoms with van der Waals surface area (Å²) < 4.78 is 0. The zero-order chi connectivity index (χ0) is 13.0. The molecule has 5 nitrogen and oxygen atoms in total. The number of nitrogens with zero attached hydrogens (tertiary/aromatic N) is 2. The number of unbranched alkanes of at least 4 members (excludes halogenated alkanes) is 1. The Morgan fingerprint density at radius 3 is 2.22 bits per heavy atom. The lowest BCUT2D eigenvalue weighted by Crippen LogP contribution is -2.30. The van der Waals surface area contributed by atoms with Gasteiger partial charge in [-0.3, -0.25) is 14.5 Å². The first kappa shape index (κ1) is 12.2. The lowest BCUT2D eigenvalue weighted by molar-refractivity contribution is 0.0652. The molecule has 0 fully saturated rings. The zero-order valence-corrected chi connectivity index (χ0v) is 9.76. The molecule has 1 aromatic carbocycles. The van der Waals surface area contributed by atoms with E-state index < -0.39 is 0 Å². The molecule has 5 heteroatoms. The molecule has 18 heavy (non-hydrogen) atoms. The Kier molecular flexibility index (Phi) is 3.65. The molecule has 0 atom stereocenters. The molecule has 2 rings (SSSR count). The van der Waals surface area contributed by atoms with Crippen molar-refractivity contribution in [3.63, 3.8) is 0 Å². The third-order valence-corrected chi connectivity index (χ3v) is 2.84. The second-order valence-electron chi connectivity index (χ2n) is 3.99. The minimum absolute atomic E-state index is 0.241. The van der Waals surface area contributed by atoms with Gasteiger partial charge in [-0.1, -0.05) is 12.1 Å². The van der Waals surface area contributed by atoms with Crippen LogP contribution in [0.1, 0.15) is 33.6 Å². The topological polar surface area (TPSA) is 66.8 Å². The van der Waals surface area contributed by atoms with E-state index in [2.05, 4.69) is 4.99 Å². The zero-order valence-electron chi connectivity index (χ0n) is 9.76. The van der Waals surface area contributed by atoms with Gasteiger partial charge in [0.05, 0.1) is 17.7 Å². The molecule has 0 N–H and O–H groups in total. The Morgan fingerprint density at radius 2 is 1.67 bits per heavy atom. The molecule has 0 aliphatic carbocycles. The summed E-state index contributed by atoms with van der Waals surface area (Å²) in [7, 11) is 0. The Bertz CT molecular complexity index is 498. The van der Waals surface area contributed by atoms with Crippen molar-refractivity contribution in [3.8, 4) is 0 Å². The number of rotatable bonds is 5. The quantitative estimate of drug-likeness (QED) is 0.340. The highest BCUT2D eigenvalue weighted by atomic mass is 16.2. The SMILES string of the molecule is O=C=NCCCCN1C(=O)c2ccccc2C1=O. The number of benzene rings is 1. The number of hydrogen-bond donors (Lipinski definition) is 0. The third kappa shape index (κ3) is 2.21. The van der Waals surface area contributed by atoms with Crippen LogP contribution >= 0.6 is 0 Å². The first-order chi connectivity index (χ1) is 8.75. The number of carbonyl (C=O) groups excluding carboxylic acids is 3. The van der Waals surface area contributed by atoms with E-state index in [1.54, 1.807) is 24.3 Å². The highest BCUT2D eigenvalue weighted by Crippen LogP contribution is 2.22. The van der Waals surface area contributed by atoms with Crippen LogP contribution in [0.15, 0.2) is 29.3 Å². The van der Waals surface area contributed by atoms with Crippen molar-refractivity contribution in [1.82, 2.24) is 4.90 Å². The average Bonchev–Trinajstić information content (AvgIpc) is 2.64. The number of isocyanates is 1. The van der Waals surface area contributed by atoms with Gasteiger partial charge in [0.1, 0.15) is 0 Å². The maximum atomic E-state index is 11.9. The van der Waals surface area contributed by atoms with Gasteiger partial charge in [-0.05, 0) is 25.0 Å². The molecule has 1 heterocycles. The number of imide groups is 1. The minimum atomic E-state index is -0.241. The van der Waals surface area contributed by atoms with Gasteiger partial charge < -0.3 is 0 Å². The molecule has 1 aliphatic heterocycles. The van der Waals surface area contributed by atoms with E-state index >= 15 is 0 Å². The summed E-state index contributed by atoms with van der Waals surface area (Å²) in [5, 5.41) is 0. The van der Waals surface area contributed by atoms with E-state index in [1.165, 1.54) is 11.0 Å². The van der Waals surface area contributed by atoms with Gasteiger partial charge in [0, 0.05) is 6.54 Å². The maximum absolute atomic E-state index is 11.9. The molecule has 0 saturated heterocycles. The fraction of sp³-hybridized carbons (Fsp3) is 0.308. The summed E-state index contributed by atoms with van der Waals surface area (Å²) in [6, 6.07) is 6.80. The van der Waals surface area contributed by atoms with Crippen LogP contribution in [0.4, 0.5) is 0 Å². The van der Waals surface area contributed by atoms with Crippen LogP contribution in [0.2, 0.25) is 0 Å². The minimum Gasteiger partial charge on any atom is -0.274 e. The van der Waals surface area contributed by atoms with E-state index in [4.69, 9.17) is 0 Å². The van der Waals surface area contributed by atoms with Crippen molar-refractivity contribution in [1.29, 1.82) is 0 Å². The highest BCUT2D eigenvalue weighted by molar-refractivity contribution is 6.21. The normalized spacial score (nSPS) is 13.4. The second kappa shape index (κ2) is 5.38. The van der Waals surface area contributed by atoms with Crippen molar-refractivity contribution >= 4 is 17.9 Å². The Balaban J connectivity index is 1.98. The average molecular weight is 244 g/mol. The number of hydrogen-bond acceptors (Lipinski definition) is 4. The molecule has 2 amide bonds. The summed E-state index contributed by atoms with van der Waals surface area (Å²) in [4.78, 5) is 38.4. The van der Waals surface area contributed by atoms with Gasteiger partial charge in [-0.25, -0.2) is 9.79 Å². The lowest BCUT2D eigenvalue weighted by atomic mass is 10.1. The number of fused-ring (bicyclic) bond motifs is 1. The fourth-order valence-corrected chi connectivity index (χ4v) is 1.95. The van der Waals surface area contributed by atoms with Crippen LogP contribution in [-0.4, -0.2) is 35.9 Å². The predicted octanol–water partition coefficient (Wildman–Crippen LogP) is 1.40. The summed E-state index contributed by atoms with van der Waals surface area (Å²) in [6.45, 7) is 0.743. The lowest BCUT2D eigenvalue weighted by Gasteiger charge is -2.12. The van der Waals surface area contributed by atoms with Crippen molar-refractivity contribution in [3.05, 3.63) is 35.4 Å². The van der Waals surface area contributed by atoms with Gasteiger partial charge >= 0.3 is 0 Å². The maximum Gasteiger partial charge on any atom is 0.261 e. The van der Waals surface area contributed by atoms with Crippen LogP contribution in [0, 0.1) is 0 Å². The first-order valence-electron chi connectivity index (χ1n) is 5.74. The summed E-state index contributed by atoms with van der Waals surface area (Å²) in [5.74, 6) is -0.482. The molecule has 0 radical (unpaired) electrons. The van der Waals surface area contributed by atoms with Gasteiger partial charge in [-0.2, -0.15) is 0 Å². The molecule has 0 bridgehead atoms. The van der Waals surface area contributed by atoms with Crippen LogP contribution in [0.25, 0.3) is 0 Å². The highest BCUT2D eigenvalue weighted by Gasteiger charge is 2.34. The molecule has 92 valence electrons. The van der Waals surface area contributed by atoms with Crippen molar-refractivity contribution < 1.29 is 14.4 Å². The van der Waals surface area contributed by atoms with Crippen molar-refractivity contribution in [2.75, 3.05) is 13.1 Å². The number of amides is 2. The van der Waals surface area contributed by atoms with Crippen LogP contribution in [0.5, 0.6) is 0 Å². The molecular formula is C13H12N2O3. The fourth-order valence-electron chi connectivity index (χ4n) is 1.95. The van der Waals surface area contributed by atoms with Gasteiger partial charge in [0.2, 0.25) is 6.08 Å². The Hall–Kier alpha value is -2.26. The third-order valence-electron chi connectivity index (χ3n) is 2.84. The van der Waals surface area contributed by atoms with Crippen LogP contribution in [-0.2, 0) is 4.79 Å². The predicted molar refractivity (Wildman–Crippen MR) is 64.0 cm³/mol. The van der Waals surface area contributed by atoms with E-state index in [1.807, 2.05) is 0 Å². The van der Waals surface area contributed by atoms with E-state index in [0.717, 1.165) is 0 Å². The molecule has 0 spiro atoms. The largest absolute Gasteiger partial charge is 0.274 e. The second-order valence-corrected chi connectivity index (χ2v) is 3.99. The molecule has 0 aromatic heterocycles. The number of carbonyl (C=O) groups is 2. The monoisotopic (exact) mass is 244 g/mol. The van der Waals surface area contributed by atoms with Crippen LogP contribution in [0.3, 0.4) is 0 Å². The Morgan fingerprint density at radius 1 is 1.06 bits per heavy atom. The summed E-state index contributed by atoms with van der Waals surface area (Å²) in [5.41, 5.74) is 0.932. The van der Waals surface area contributed by atoms with Crippen molar-refractivity contribution in [2.24, 2.45) is 4.99 Å². The van der Waals surface area contributed by atoms with Gasteiger partial charge in [-0.15, -0.1) is 0 Å². The smallest absolute Gasteiger partial charge is 0.261 e. The standard InChI is InChI=1S/C13H12N2O3/c16-9-14-7-3-4-8-15-12(17)10-5-1-2-6-11(10)13(15)18/h1-2,5-6H,3-4,7-8H2. The molecule has 1 aromatic rings. The first-order valence-corrected chi connectivity index (χ1v) is 5.74. The number of aliphatic imine (C=N–C) groups is 1. The molecule has 0 unspecified atom stereocenters. The Labute approximate surface area is 104 Å². The van der Waals surface area contributed by atoms with Gasteiger partial charge in [0.25, 0.3) is 11.8 Å². The van der Waals surface area contributed by atoms with E-state index in [-0.39, 0.29) is 11.8 Å². The molecule has 1 aliphatic rings. The van der Waals surface area contributed by atoms with Gasteiger partial charge in [0.15, 0.2) is 0 Å². The molecule has 0 saturated carbocycles. The summed E-state index contributed by atoms with van der Waals surface area (Å²) >= 11 is 0. The molecular weight excluding hydrogens is 232 g/mol. The van der Waals surface area contributed by atoms with Crippen molar-refractivity contribution in [2.45, 2.75) is 12.8 Å². The summed E-state index contributed by atoms with van der Waals surface area (Å²) in [6.07, 6.45) is 2.75.